The lowest BCUT2D eigenvalue weighted by Gasteiger charge is -2.30. The highest BCUT2D eigenvalue weighted by molar-refractivity contribution is 5.31. The Labute approximate surface area is 84.2 Å². The second-order valence-electron chi connectivity index (χ2n) is 3.73. The molecular weight excluding hydrogens is 178 g/mol. The lowest BCUT2D eigenvalue weighted by molar-refractivity contribution is 0.145. The van der Waals surface area contributed by atoms with Crippen molar-refractivity contribution in [2.45, 2.75) is 32.4 Å². The summed E-state index contributed by atoms with van der Waals surface area (Å²) in [5, 5.41) is 9.40. The number of imidazole rings is 1. The first-order valence-electron chi connectivity index (χ1n) is 5.25. The molecule has 0 aromatic carbocycles. The number of aliphatic hydroxyl groups is 1. The van der Waals surface area contributed by atoms with Gasteiger partial charge in [-0.15, -0.1) is 0 Å². The van der Waals surface area contributed by atoms with E-state index in [1.165, 1.54) is 0 Å². The molecule has 0 unspecified atom stereocenters. The van der Waals surface area contributed by atoms with Gasteiger partial charge in [-0.05, 0) is 19.8 Å². The fourth-order valence-electron chi connectivity index (χ4n) is 1.90. The van der Waals surface area contributed by atoms with Crippen molar-refractivity contribution in [3.8, 4) is 0 Å². The molecule has 1 aromatic rings. The Hall–Kier alpha value is -1.03. The van der Waals surface area contributed by atoms with Crippen LogP contribution in [0.2, 0.25) is 0 Å². The maximum absolute atomic E-state index is 9.40. The molecule has 4 nitrogen and oxygen atoms in total. The molecule has 0 radical (unpaired) electrons. The number of anilines is 1. The van der Waals surface area contributed by atoms with Crippen molar-refractivity contribution in [1.82, 2.24) is 9.55 Å². The summed E-state index contributed by atoms with van der Waals surface area (Å²) in [7, 11) is 0. The second kappa shape index (κ2) is 4.00. The average molecular weight is 195 g/mol. The van der Waals surface area contributed by atoms with Gasteiger partial charge in [-0.3, -0.25) is 0 Å². The van der Waals surface area contributed by atoms with Crippen molar-refractivity contribution in [2.24, 2.45) is 0 Å². The Balaban J connectivity index is 2.08. The first-order valence-corrected chi connectivity index (χ1v) is 5.25. The zero-order valence-electron chi connectivity index (χ0n) is 8.56. The Morgan fingerprint density at radius 1 is 1.50 bits per heavy atom. The van der Waals surface area contributed by atoms with E-state index in [1.807, 2.05) is 12.4 Å². The molecule has 1 saturated heterocycles. The maximum atomic E-state index is 9.40. The highest BCUT2D eigenvalue weighted by Gasteiger charge is 2.19. The Morgan fingerprint density at radius 2 is 2.21 bits per heavy atom. The summed E-state index contributed by atoms with van der Waals surface area (Å²) < 4.78 is 2.14. The van der Waals surface area contributed by atoms with Gasteiger partial charge in [0.25, 0.3) is 0 Å². The number of piperidine rings is 1. The second-order valence-corrected chi connectivity index (χ2v) is 3.73. The fourth-order valence-corrected chi connectivity index (χ4v) is 1.90. The molecule has 0 amide bonds. The number of nitrogens with zero attached hydrogens (tertiary/aromatic N) is 3. The standard InChI is InChI=1S/C10H17N3O/c1-2-12-8-5-11-10(12)13-6-3-9(14)4-7-13/h5,8-9,14H,2-4,6-7H2,1H3. The van der Waals surface area contributed by atoms with Crippen LogP contribution in [0.5, 0.6) is 0 Å². The average Bonchev–Trinajstić information content (AvgIpc) is 2.67. The van der Waals surface area contributed by atoms with E-state index in [9.17, 15) is 5.11 Å². The SMILES string of the molecule is CCn1ccnc1N1CCC(O)CC1. The van der Waals surface area contributed by atoms with Crippen LogP contribution in [0.25, 0.3) is 0 Å². The zero-order chi connectivity index (χ0) is 9.97. The van der Waals surface area contributed by atoms with Crippen LogP contribution in [0.15, 0.2) is 12.4 Å². The zero-order valence-corrected chi connectivity index (χ0v) is 8.56. The van der Waals surface area contributed by atoms with Crippen molar-refractivity contribution >= 4 is 5.95 Å². The maximum Gasteiger partial charge on any atom is 0.205 e. The van der Waals surface area contributed by atoms with Gasteiger partial charge in [0.1, 0.15) is 0 Å². The summed E-state index contributed by atoms with van der Waals surface area (Å²) in [5.74, 6) is 1.04. The quantitative estimate of drug-likeness (QED) is 0.761. The minimum Gasteiger partial charge on any atom is -0.393 e. The molecule has 1 aliphatic rings. The summed E-state index contributed by atoms with van der Waals surface area (Å²) in [5.41, 5.74) is 0. The van der Waals surface area contributed by atoms with E-state index in [0.717, 1.165) is 38.4 Å². The molecule has 1 aromatic heterocycles. The van der Waals surface area contributed by atoms with Gasteiger partial charge in [0, 0.05) is 32.0 Å². The number of aromatic nitrogens is 2. The molecule has 0 atom stereocenters. The summed E-state index contributed by atoms with van der Waals surface area (Å²) in [6.07, 6.45) is 5.44. The van der Waals surface area contributed by atoms with E-state index in [4.69, 9.17) is 0 Å². The highest BCUT2D eigenvalue weighted by Crippen LogP contribution is 2.17. The van der Waals surface area contributed by atoms with E-state index >= 15 is 0 Å². The van der Waals surface area contributed by atoms with Crippen LogP contribution in [0.4, 0.5) is 5.95 Å². The van der Waals surface area contributed by atoms with Gasteiger partial charge >= 0.3 is 0 Å². The molecule has 2 rings (SSSR count). The first kappa shape index (κ1) is 9.52. The van der Waals surface area contributed by atoms with Gasteiger partial charge in [0.2, 0.25) is 5.95 Å². The Morgan fingerprint density at radius 3 is 2.86 bits per heavy atom. The first-order chi connectivity index (χ1) is 6.81. The molecular formula is C10H17N3O. The third-order valence-electron chi connectivity index (χ3n) is 2.78. The molecule has 4 heteroatoms. The van der Waals surface area contributed by atoms with Gasteiger partial charge in [0.15, 0.2) is 0 Å². The van der Waals surface area contributed by atoms with E-state index < -0.39 is 0 Å². The highest BCUT2D eigenvalue weighted by atomic mass is 16.3. The van der Waals surface area contributed by atoms with Crippen molar-refractivity contribution < 1.29 is 5.11 Å². The molecule has 1 fully saturated rings. The van der Waals surface area contributed by atoms with E-state index in [0.29, 0.717) is 0 Å². The molecule has 0 saturated carbocycles. The summed E-state index contributed by atoms with van der Waals surface area (Å²) in [6, 6.07) is 0. The van der Waals surface area contributed by atoms with Crippen LogP contribution >= 0.6 is 0 Å². The van der Waals surface area contributed by atoms with Crippen molar-refractivity contribution in [3.05, 3.63) is 12.4 Å². The largest absolute Gasteiger partial charge is 0.393 e. The molecule has 0 aliphatic carbocycles. The molecule has 0 bridgehead atoms. The summed E-state index contributed by atoms with van der Waals surface area (Å²) >= 11 is 0. The minimum absolute atomic E-state index is 0.115. The van der Waals surface area contributed by atoms with Crippen LogP contribution in [0, 0.1) is 0 Å². The monoisotopic (exact) mass is 195 g/mol. The van der Waals surface area contributed by atoms with E-state index in [2.05, 4.69) is 21.4 Å². The number of rotatable bonds is 2. The van der Waals surface area contributed by atoms with Crippen LogP contribution in [-0.2, 0) is 6.54 Å². The smallest absolute Gasteiger partial charge is 0.205 e. The lowest BCUT2D eigenvalue weighted by atomic mass is 10.1. The van der Waals surface area contributed by atoms with Gasteiger partial charge in [-0.2, -0.15) is 0 Å². The molecule has 0 spiro atoms. The molecule has 1 N–H and O–H groups in total. The van der Waals surface area contributed by atoms with Gasteiger partial charge in [-0.1, -0.05) is 0 Å². The third-order valence-corrected chi connectivity index (χ3v) is 2.78. The van der Waals surface area contributed by atoms with Crippen LogP contribution in [0.3, 0.4) is 0 Å². The molecule has 78 valence electrons. The Bertz CT molecular complexity index is 289. The molecule has 1 aliphatic heterocycles. The van der Waals surface area contributed by atoms with Crippen molar-refractivity contribution in [3.63, 3.8) is 0 Å². The number of aryl methyl sites for hydroxylation is 1. The fraction of sp³-hybridized carbons (Fsp3) is 0.700. The number of hydrogen-bond acceptors (Lipinski definition) is 3. The molecule has 2 heterocycles. The van der Waals surface area contributed by atoms with Gasteiger partial charge in [0.05, 0.1) is 6.10 Å². The minimum atomic E-state index is -0.115. The number of hydrogen-bond donors (Lipinski definition) is 1. The summed E-state index contributed by atoms with van der Waals surface area (Å²) in [6.45, 7) is 4.90. The van der Waals surface area contributed by atoms with E-state index in [1.54, 1.807) is 0 Å². The van der Waals surface area contributed by atoms with Crippen LogP contribution in [0.1, 0.15) is 19.8 Å². The van der Waals surface area contributed by atoms with Gasteiger partial charge in [-0.25, -0.2) is 4.98 Å². The van der Waals surface area contributed by atoms with Crippen molar-refractivity contribution in [1.29, 1.82) is 0 Å². The third kappa shape index (κ3) is 1.75. The van der Waals surface area contributed by atoms with Gasteiger partial charge < -0.3 is 14.6 Å². The lowest BCUT2D eigenvalue weighted by Crippen LogP contribution is -2.37. The van der Waals surface area contributed by atoms with Crippen LogP contribution < -0.4 is 4.90 Å². The predicted octanol–water partition coefficient (Wildman–Crippen LogP) is 0.864. The predicted molar refractivity (Wildman–Crippen MR) is 55.4 cm³/mol. The van der Waals surface area contributed by atoms with Crippen molar-refractivity contribution in [2.75, 3.05) is 18.0 Å². The van der Waals surface area contributed by atoms with E-state index in [-0.39, 0.29) is 6.10 Å². The molecule has 14 heavy (non-hydrogen) atoms. The van der Waals surface area contributed by atoms with Crippen LogP contribution in [-0.4, -0.2) is 33.9 Å². The number of aliphatic hydroxyl groups excluding tert-OH is 1. The summed E-state index contributed by atoms with van der Waals surface area (Å²) in [4.78, 5) is 6.59. The Kier molecular flexibility index (Phi) is 2.72. The normalized spacial score (nSPS) is 18.9. The topological polar surface area (TPSA) is 41.3 Å².